The minimum absolute atomic E-state index is 0.0755. The molecule has 2 rings (SSSR count). The van der Waals surface area contributed by atoms with Crippen molar-refractivity contribution in [3.05, 3.63) is 52.2 Å². The second kappa shape index (κ2) is 5.89. The van der Waals surface area contributed by atoms with Gasteiger partial charge in [0, 0.05) is 11.9 Å². The van der Waals surface area contributed by atoms with Gasteiger partial charge in [-0.2, -0.15) is 0 Å². The maximum Gasteiger partial charge on any atom is 0.227 e. The predicted molar refractivity (Wildman–Crippen MR) is 77.3 cm³/mol. The van der Waals surface area contributed by atoms with Crippen molar-refractivity contribution in [1.82, 2.24) is 4.90 Å². The molecule has 1 N–H and O–H groups in total. The first kappa shape index (κ1) is 13.6. The van der Waals surface area contributed by atoms with Crippen LogP contribution in [-0.4, -0.2) is 23.0 Å². The molecule has 0 bridgehead atoms. The number of benzene rings is 1. The Hall–Kier alpha value is -1.81. The van der Waals surface area contributed by atoms with E-state index in [0.29, 0.717) is 6.42 Å². The molecule has 4 heteroatoms. The Bertz CT molecular complexity index is 534. The van der Waals surface area contributed by atoms with E-state index in [4.69, 9.17) is 0 Å². The first-order chi connectivity index (χ1) is 9.08. The van der Waals surface area contributed by atoms with E-state index < -0.39 is 0 Å². The molecule has 19 heavy (non-hydrogen) atoms. The van der Waals surface area contributed by atoms with E-state index in [1.54, 1.807) is 40.5 Å². The highest BCUT2D eigenvalue weighted by molar-refractivity contribution is 7.10. The Morgan fingerprint density at radius 1 is 1.32 bits per heavy atom. The Labute approximate surface area is 117 Å². The standard InChI is InChI=1S/C15H17NO2S/c1-11(14-4-3-9-19-14)16(2)15(18)10-12-5-7-13(17)8-6-12/h3-9,11,17H,10H2,1-2H3. The molecule has 0 aliphatic heterocycles. The highest BCUT2D eigenvalue weighted by atomic mass is 32.1. The Morgan fingerprint density at radius 2 is 2.00 bits per heavy atom. The molecule has 0 saturated heterocycles. The van der Waals surface area contributed by atoms with Gasteiger partial charge in [0.2, 0.25) is 5.91 Å². The van der Waals surface area contributed by atoms with Crippen molar-refractivity contribution in [3.8, 4) is 5.75 Å². The summed E-state index contributed by atoms with van der Waals surface area (Å²) < 4.78 is 0. The predicted octanol–water partition coefficient (Wildman–Crippen LogP) is 3.22. The van der Waals surface area contributed by atoms with Gasteiger partial charge in [-0.25, -0.2) is 0 Å². The van der Waals surface area contributed by atoms with Crippen molar-refractivity contribution in [2.45, 2.75) is 19.4 Å². The number of hydrogen-bond donors (Lipinski definition) is 1. The van der Waals surface area contributed by atoms with Gasteiger partial charge in [0.05, 0.1) is 12.5 Å². The van der Waals surface area contributed by atoms with Crippen LogP contribution in [-0.2, 0) is 11.2 Å². The van der Waals surface area contributed by atoms with Crippen molar-refractivity contribution in [2.75, 3.05) is 7.05 Å². The lowest BCUT2D eigenvalue weighted by Gasteiger charge is -2.24. The highest BCUT2D eigenvalue weighted by Gasteiger charge is 2.18. The van der Waals surface area contributed by atoms with Crippen LogP contribution in [0.25, 0.3) is 0 Å². The summed E-state index contributed by atoms with van der Waals surface area (Å²) in [6.07, 6.45) is 0.354. The molecule has 0 spiro atoms. The number of rotatable bonds is 4. The van der Waals surface area contributed by atoms with Crippen LogP contribution in [0.5, 0.6) is 5.75 Å². The summed E-state index contributed by atoms with van der Waals surface area (Å²) in [5.74, 6) is 0.295. The molecule has 1 amide bonds. The summed E-state index contributed by atoms with van der Waals surface area (Å²) in [4.78, 5) is 15.1. The van der Waals surface area contributed by atoms with Crippen LogP contribution in [0.1, 0.15) is 23.4 Å². The molecule has 1 atom stereocenters. The average Bonchev–Trinajstić information content (AvgIpc) is 2.93. The van der Waals surface area contributed by atoms with Crippen molar-refractivity contribution in [1.29, 1.82) is 0 Å². The molecule has 0 aliphatic carbocycles. The topological polar surface area (TPSA) is 40.5 Å². The third-order valence-electron chi connectivity index (χ3n) is 3.22. The number of carbonyl (C=O) groups is 1. The normalized spacial score (nSPS) is 12.1. The number of carbonyl (C=O) groups excluding carboxylic acids is 1. The largest absolute Gasteiger partial charge is 0.508 e. The van der Waals surface area contributed by atoms with Gasteiger partial charge < -0.3 is 10.0 Å². The lowest BCUT2D eigenvalue weighted by molar-refractivity contribution is -0.131. The molecule has 0 fully saturated rings. The fourth-order valence-electron chi connectivity index (χ4n) is 1.85. The highest BCUT2D eigenvalue weighted by Crippen LogP contribution is 2.24. The Kier molecular flexibility index (Phi) is 4.22. The molecular formula is C15H17NO2S. The monoisotopic (exact) mass is 275 g/mol. The summed E-state index contributed by atoms with van der Waals surface area (Å²) in [5.41, 5.74) is 0.910. The van der Waals surface area contributed by atoms with Crippen LogP contribution in [0, 0.1) is 0 Å². The Morgan fingerprint density at radius 3 is 2.58 bits per heavy atom. The summed E-state index contributed by atoms with van der Waals surface area (Å²) >= 11 is 1.66. The van der Waals surface area contributed by atoms with E-state index in [2.05, 4.69) is 0 Å². The van der Waals surface area contributed by atoms with E-state index >= 15 is 0 Å². The van der Waals surface area contributed by atoms with Gasteiger partial charge in [-0.1, -0.05) is 18.2 Å². The number of phenols is 1. The van der Waals surface area contributed by atoms with E-state index in [1.807, 2.05) is 31.5 Å². The van der Waals surface area contributed by atoms with E-state index in [0.717, 1.165) is 5.56 Å². The van der Waals surface area contributed by atoms with Crippen LogP contribution in [0.15, 0.2) is 41.8 Å². The molecule has 0 aliphatic rings. The quantitative estimate of drug-likeness (QED) is 0.930. The summed E-state index contributed by atoms with van der Waals surface area (Å²) in [7, 11) is 1.83. The van der Waals surface area contributed by atoms with Crippen molar-refractivity contribution in [2.24, 2.45) is 0 Å². The fourth-order valence-corrected chi connectivity index (χ4v) is 2.68. The first-order valence-corrected chi connectivity index (χ1v) is 7.03. The van der Waals surface area contributed by atoms with Gasteiger partial charge in [0.15, 0.2) is 0 Å². The summed E-state index contributed by atoms with van der Waals surface area (Å²) in [6.45, 7) is 2.03. The van der Waals surface area contributed by atoms with Crippen LogP contribution in [0.2, 0.25) is 0 Å². The van der Waals surface area contributed by atoms with E-state index in [1.165, 1.54) is 4.88 Å². The van der Waals surface area contributed by atoms with Crippen molar-refractivity contribution >= 4 is 17.2 Å². The van der Waals surface area contributed by atoms with E-state index in [-0.39, 0.29) is 17.7 Å². The van der Waals surface area contributed by atoms with Crippen LogP contribution in [0.3, 0.4) is 0 Å². The second-order valence-corrected chi connectivity index (χ2v) is 5.52. The lowest BCUT2D eigenvalue weighted by atomic mass is 10.1. The molecule has 100 valence electrons. The number of thiophene rings is 1. The second-order valence-electron chi connectivity index (χ2n) is 4.54. The zero-order valence-corrected chi connectivity index (χ0v) is 11.9. The maximum absolute atomic E-state index is 12.2. The molecule has 1 aromatic carbocycles. The van der Waals surface area contributed by atoms with Gasteiger partial charge >= 0.3 is 0 Å². The van der Waals surface area contributed by atoms with Crippen LogP contribution >= 0.6 is 11.3 Å². The van der Waals surface area contributed by atoms with Crippen molar-refractivity contribution < 1.29 is 9.90 Å². The smallest absolute Gasteiger partial charge is 0.227 e. The summed E-state index contributed by atoms with van der Waals surface area (Å²) in [5, 5.41) is 11.2. The van der Waals surface area contributed by atoms with Crippen LogP contribution < -0.4 is 0 Å². The number of likely N-dealkylation sites (N-methyl/N-ethyl adjacent to an activating group) is 1. The first-order valence-electron chi connectivity index (χ1n) is 6.15. The minimum atomic E-state index is 0.0755. The summed E-state index contributed by atoms with van der Waals surface area (Å²) in [6, 6.07) is 10.9. The van der Waals surface area contributed by atoms with Gasteiger partial charge in [-0.15, -0.1) is 11.3 Å². The number of amides is 1. The molecule has 1 aromatic heterocycles. The third kappa shape index (κ3) is 3.35. The fraction of sp³-hybridized carbons (Fsp3) is 0.267. The molecule has 3 nitrogen and oxygen atoms in total. The molecule has 2 aromatic rings. The van der Waals surface area contributed by atoms with Crippen LogP contribution in [0.4, 0.5) is 0 Å². The number of phenolic OH excluding ortho intramolecular Hbond substituents is 1. The number of nitrogens with zero attached hydrogens (tertiary/aromatic N) is 1. The number of hydrogen-bond acceptors (Lipinski definition) is 3. The lowest BCUT2D eigenvalue weighted by Crippen LogP contribution is -2.30. The third-order valence-corrected chi connectivity index (χ3v) is 4.26. The maximum atomic E-state index is 12.2. The molecule has 1 heterocycles. The SMILES string of the molecule is CC(c1cccs1)N(C)C(=O)Cc1ccc(O)cc1. The zero-order chi connectivity index (χ0) is 13.8. The average molecular weight is 275 g/mol. The molecule has 0 saturated carbocycles. The van der Waals surface area contributed by atoms with Gasteiger partial charge in [0.25, 0.3) is 0 Å². The van der Waals surface area contributed by atoms with Gasteiger partial charge in [-0.05, 0) is 36.1 Å². The zero-order valence-electron chi connectivity index (χ0n) is 11.0. The van der Waals surface area contributed by atoms with Gasteiger partial charge in [0.1, 0.15) is 5.75 Å². The molecular weight excluding hydrogens is 258 g/mol. The van der Waals surface area contributed by atoms with Gasteiger partial charge in [-0.3, -0.25) is 4.79 Å². The molecule has 0 radical (unpaired) electrons. The van der Waals surface area contributed by atoms with Crippen molar-refractivity contribution in [3.63, 3.8) is 0 Å². The Balaban J connectivity index is 2.01. The minimum Gasteiger partial charge on any atom is -0.508 e. The molecule has 1 unspecified atom stereocenters. The van der Waals surface area contributed by atoms with E-state index in [9.17, 15) is 9.90 Å². The number of aromatic hydroxyl groups is 1.